The van der Waals surface area contributed by atoms with Crippen LogP contribution in [0.2, 0.25) is 5.02 Å². The van der Waals surface area contributed by atoms with Crippen LogP contribution in [0.4, 0.5) is 0 Å². The van der Waals surface area contributed by atoms with Crippen LogP contribution in [0.15, 0.2) is 65.9 Å². The van der Waals surface area contributed by atoms with E-state index in [-0.39, 0.29) is 0 Å². The third-order valence-corrected chi connectivity index (χ3v) is 5.66. The van der Waals surface area contributed by atoms with Gasteiger partial charge in [0.25, 0.3) is 0 Å². The van der Waals surface area contributed by atoms with Crippen LogP contribution in [0, 0.1) is 11.8 Å². The molecule has 2 heterocycles. The van der Waals surface area contributed by atoms with E-state index in [1.165, 1.54) is 16.8 Å². The van der Waals surface area contributed by atoms with Crippen LogP contribution in [-0.2, 0) is 6.54 Å². The highest BCUT2D eigenvalue weighted by atomic mass is 35.5. The lowest BCUT2D eigenvalue weighted by Gasteiger charge is -2.42. The first-order valence-electron chi connectivity index (χ1n) is 9.82. The molecule has 2 aromatic carbocycles. The zero-order chi connectivity index (χ0) is 19.3. The number of halogens is 1. The summed E-state index contributed by atoms with van der Waals surface area (Å²) in [5, 5.41) is 0.795. The van der Waals surface area contributed by atoms with Crippen LogP contribution < -0.4 is 0 Å². The fourth-order valence-electron chi connectivity index (χ4n) is 4.05. The van der Waals surface area contributed by atoms with Crippen molar-refractivity contribution in [3.8, 4) is 11.8 Å². The lowest BCUT2D eigenvalue weighted by Crippen LogP contribution is -2.47. The van der Waals surface area contributed by atoms with E-state index < -0.39 is 0 Å². The molecule has 0 fully saturated rings. The highest BCUT2D eigenvalue weighted by Gasteiger charge is 2.27. The molecule has 0 aliphatic carbocycles. The van der Waals surface area contributed by atoms with Crippen molar-refractivity contribution >= 4 is 11.6 Å². The molecule has 0 saturated heterocycles. The summed E-state index contributed by atoms with van der Waals surface area (Å²) in [5.74, 6) is 6.63. The molecule has 0 unspecified atom stereocenters. The molecule has 2 aliphatic heterocycles. The van der Waals surface area contributed by atoms with Crippen molar-refractivity contribution in [3.63, 3.8) is 0 Å². The molecule has 0 aromatic heterocycles. The predicted molar refractivity (Wildman–Crippen MR) is 116 cm³/mol. The largest absolute Gasteiger partial charge is 0.365 e. The van der Waals surface area contributed by atoms with E-state index in [0.29, 0.717) is 0 Å². The van der Waals surface area contributed by atoms with Crippen molar-refractivity contribution in [3.05, 3.63) is 82.0 Å². The lowest BCUT2D eigenvalue weighted by molar-refractivity contribution is 0.137. The Morgan fingerprint density at radius 1 is 0.964 bits per heavy atom. The highest BCUT2D eigenvalue weighted by Crippen LogP contribution is 2.26. The Kier molecular flexibility index (Phi) is 6.02. The number of hydrogen-bond donors (Lipinski definition) is 0. The summed E-state index contributed by atoms with van der Waals surface area (Å²) in [4.78, 5) is 7.39. The van der Waals surface area contributed by atoms with Crippen molar-refractivity contribution in [2.45, 2.75) is 13.0 Å². The Labute approximate surface area is 173 Å². The second-order valence-corrected chi connectivity index (χ2v) is 8.07. The van der Waals surface area contributed by atoms with Gasteiger partial charge in [-0.15, -0.1) is 0 Å². The summed E-state index contributed by atoms with van der Waals surface area (Å²) in [6.07, 6.45) is 1.12. The molecule has 0 amide bonds. The molecule has 144 valence electrons. The number of benzene rings is 2. The zero-order valence-electron chi connectivity index (χ0n) is 16.4. The average Bonchev–Trinajstić information content (AvgIpc) is 2.70. The normalized spacial score (nSPS) is 17.9. The lowest BCUT2D eigenvalue weighted by atomic mass is 10.0. The minimum atomic E-state index is 0.795. The summed E-state index contributed by atoms with van der Waals surface area (Å²) in [6, 6.07) is 18.4. The maximum Gasteiger partial charge on any atom is 0.0706 e. The summed E-state index contributed by atoms with van der Waals surface area (Å²) >= 11 is 6.02. The first-order chi connectivity index (χ1) is 13.7. The third kappa shape index (κ3) is 4.77. The molecule has 4 heteroatoms. The summed E-state index contributed by atoms with van der Waals surface area (Å²) in [5.41, 5.74) is 5.46. The highest BCUT2D eigenvalue weighted by molar-refractivity contribution is 6.30. The number of nitrogens with zero attached hydrogens (tertiary/aromatic N) is 3. The average molecular weight is 392 g/mol. The fourth-order valence-corrected chi connectivity index (χ4v) is 4.18. The van der Waals surface area contributed by atoms with E-state index in [0.717, 1.165) is 56.4 Å². The SMILES string of the molecule is CN1CN(Cc2ccc(Cl)cc2)CC2=C1CCN(CC#Cc1ccccc1)C2. The first-order valence-corrected chi connectivity index (χ1v) is 10.2. The van der Waals surface area contributed by atoms with E-state index in [2.05, 4.69) is 57.9 Å². The van der Waals surface area contributed by atoms with Crippen LogP contribution in [0.25, 0.3) is 0 Å². The van der Waals surface area contributed by atoms with Crippen LogP contribution >= 0.6 is 11.6 Å². The third-order valence-electron chi connectivity index (χ3n) is 5.40. The summed E-state index contributed by atoms with van der Waals surface area (Å²) in [7, 11) is 2.22. The van der Waals surface area contributed by atoms with Gasteiger partial charge < -0.3 is 4.90 Å². The second-order valence-electron chi connectivity index (χ2n) is 7.63. The Hall–Kier alpha value is -2.25. The van der Waals surface area contributed by atoms with Crippen LogP contribution in [0.1, 0.15) is 17.5 Å². The minimum absolute atomic E-state index is 0.795. The second kappa shape index (κ2) is 8.84. The Bertz CT molecular complexity index is 893. The van der Waals surface area contributed by atoms with Gasteiger partial charge in [0.2, 0.25) is 0 Å². The number of hydrogen-bond acceptors (Lipinski definition) is 3. The molecule has 0 radical (unpaired) electrons. The predicted octanol–water partition coefficient (Wildman–Crippen LogP) is 4.06. The van der Waals surface area contributed by atoms with Gasteiger partial charge in [-0.25, -0.2) is 0 Å². The molecular weight excluding hydrogens is 366 g/mol. The van der Waals surface area contributed by atoms with E-state index >= 15 is 0 Å². The molecule has 0 bridgehead atoms. The molecule has 3 nitrogen and oxygen atoms in total. The molecule has 0 spiro atoms. The molecule has 2 aromatic rings. The quantitative estimate of drug-likeness (QED) is 0.730. The molecule has 4 rings (SSSR count). The van der Waals surface area contributed by atoms with Gasteiger partial charge in [0.15, 0.2) is 0 Å². The van der Waals surface area contributed by atoms with E-state index in [1.807, 2.05) is 30.3 Å². The standard InChI is InChI=1S/C24H26ClN3/c1-26-19-28(16-21-9-11-23(25)12-10-21)18-22-17-27(15-13-24(22)26)14-5-8-20-6-3-2-4-7-20/h2-4,6-7,9-12H,13-19H2,1H3. The van der Waals surface area contributed by atoms with E-state index in [4.69, 9.17) is 11.6 Å². The van der Waals surface area contributed by atoms with Crippen molar-refractivity contribution < 1.29 is 0 Å². The van der Waals surface area contributed by atoms with Crippen molar-refractivity contribution in [1.82, 2.24) is 14.7 Å². The molecule has 0 atom stereocenters. The smallest absolute Gasteiger partial charge is 0.0706 e. The zero-order valence-corrected chi connectivity index (χ0v) is 17.1. The topological polar surface area (TPSA) is 9.72 Å². The van der Waals surface area contributed by atoms with Crippen molar-refractivity contribution in [2.24, 2.45) is 0 Å². The maximum absolute atomic E-state index is 6.02. The van der Waals surface area contributed by atoms with Gasteiger partial charge in [-0.2, -0.15) is 0 Å². The molecule has 0 N–H and O–H groups in total. The van der Waals surface area contributed by atoms with Crippen LogP contribution in [-0.4, -0.2) is 54.6 Å². The van der Waals surface area contributed by atoms with Crippen molar-refractivity contribution in [2.75, 3.05) is 39.9 Å². The molecule has 0 saturated carbocycles. The number of rotatable bonds is 3. The first kappa shape index (κ1) is 19.1. The van der Waals surface area contributed by atoms with Gasteiger partial charge in [0, 0.05) is 55.9 Å². The van der Waals surface area contributed by atoms with Gasteiger partial charge in [-0.3, -0.25) is 9.80 Å². The van der Waals surface area contributed by atoms with Crippen LogP contribution in [0.5, 0.6) is 0 Å². The summed E-state index contributed by atoms with van der Waals surface area (Å²) in [6.45, 7) is 5.89. The Morgan fingerprint density at radius 3 is 2.50 bits per heavy atom. The van der Waals surface area contributed by atoms with Crippen molar-refractivity contribution in [1.29, 1.82) is 0 Å². The van der Waals surface area contributed by atoms with Gasteiger partial charge >= 0.3 is 0 Å². The summed E-state index contributed by atoms with van der Waals surface area (Å²) < 4.78 is 0. The van der Waals surface area contributed by atoms with Gasteiger partial charge in [-0.1, -0.05) is 53.8 Å². The fraction of sp³-hybridized carbons (Fsp3) is 0.333. The van der Waals surface area contributed by atoms with Gasteiger partial charge in [0.1, 0.15) is 0 Å². The van der Waals surface area contributed by atoms with Gasteiger partial charge in [-0.05, 0) is 35.4 Å². The minimum Gasteiger partial charge on any atom is -0.365 e. The van der Waals surface area contributed by atoms with Crippen LogP contribution in [0.3, 0.4) is 0 Å². The molecule has 2 aliphatic rings. The van der Waals surface area contributed by atoms with E-state index in [9.17, 15) is 0 Å². The molecule has 28 heavy (non-hydrogen) atoms. The van der Waals surface area contributed by atoms with Gasteiger partial charge in [0.05, 0.1) is 13.2 Å². The maximum atomic E-state index is 6.02. The Morgan fingerprint density at radius 2 is 1.71 bits per heavy atom. The Balaban J connectivity index is 1.38. The van der Waals surface area contributed by atoms with E-state index in [1.54, 1.807) is 0 Å². The monoisotopic (exact) mass is 391 g/mol. The molecular formula is C24H26ClN3.